The molecule has 0 aliphatic rings. The zero-order valence-electron chi connectivity index (χ0n) is 9.76. The molecule has 1 unspecified atom stereocenters. The van der Waals surface area contributed by atoms with E-state index in [-0.39, 0.29) is 0 Å². The lowest BCUT2D eigenvalue weighted by molar-refractivity contribution is 0.474. The van der Waals surface area contributed by atoms with E-state index < -0.39 is 0 Å². The van der Waals surface area contributed by atoms with Crippen molar-refractivity contribution in [1.29, 1.82) is 0 Å². The molecule has 3 nitrogen and oxygen atoms in total. The average Bonchev–Trinajstić information content (AvgIpc) is 2.54. The van der Waals surface area contributed by atoms with Crippen molar-refractivity contribution in [2.75, 3.05) is 6.54 Å². The predicted octanol–water partition coefficient (Wildman–Crippen LogP) is 2.50. The third-order valence-corrected chi connectivity index (χ3v) is 3.39. The van der Waals surface area contributed by atoms with Gasteiger partial charge in [0.25, 0.3) is 0 Å². The Balaban J connectivity index is 2.48. The molecule has 1 N–H and O–H groups in total. The first-order valence-electron chi connectivity index (χ1n) is 5.58. The van der Waals surface area contributed by atoms with Gasteiger partial charge in [0.15, 0.2) is 0 Å². The van der Waals surface area contributed by atoms with Crippen LogP contribution >= 0.6 is 15.9 Å². The fraction of sp³-hybridized carbons (Fsp3) is 0.727. The molecule has 1 aromatic heterocycles. The van der Waals surface area contributed by atoms with E-state index >= 15 is 0 Å². The molecule has 4 heteroatoms. The van der Waals surface area contributed by atoms with Gasteiger partial charge in [0.05, 0.1) is 16.4 Å². The smallest absolute Gasteiger partial charge is 0.0635 e. The molecule has 0 spiro atoms. The van der Waals surface area contributed by atoms with Crippen molar-refractivity contribution in [2.24, 2.45) is 7.05 Å². The predicted molar refractivity (Wildman–Crippen MR) is 67.0 cm³/mol. The van der Waals surface area contributed by atoms with E-state index in [0.717, 1.165) is 17.4 Å². The molecule has 0 aromatic carbocycles. The lowest BCUT2D eigenvalue weighted by atomic mass is 10.1. The molecule has 15 heavy (non-hydrogen) atoms. The Bertz CT molecular complexity index is 277. The number of aromatic nitrogens is 2. The molecule has 1 aromatic rings. The molecule has 0 fully saturated rings. The molecule has 86 valence electrons. The standard InChI is InChI=1S/C11H20BrN3/c1-4-9(13-5-2)6-7-11-10(12)8-14-15(11)3/h8-9,13H,4-7H2,1-3H3. The largest absolute Gasteiger partial charge is 0.314 e. The normalized spacial score (nSPS) is 13.1. The van der Waals surface area contributed by atoms with Crippen molar-refractivity contribution in [3.05, 3.63) is 16.4 Å². The quantitative estimate of drug-likeness (QED) is 0.863. The summed E-state index contributed by atoms with van der Waals surface area (Å²) in [5.74, 6) is 0. The Morgan fingerprint density at radius 2 is 2.27 bits per heavy atom. The number of hydrogen-bond acceptors (Lipinski definition) is 2. The highest BCUT2D eigenvalue weighted by atomic mass is 79.9. The maximum Gasteiger partial charge on any atom is 0.0635 e. The van der Waals surface area contributed by atoms with E-state index in [2.05, 4.69) is 40.2 Å². The van der Waals surface area contributed by atoms with Crippen LogP contribution in [0.2, 0.25) is 0 Å². The summed E-state index contributed by atoms with van der Waals surface area (Å²) >= 11 is 3.52. The number of rotatable bonds is 6. The molecule has 1 atom stereocenters. The van der Waals surface area contributed by atoms with Crippen LogP contribution in [-0.4, -0.2) is 22.4 Å². The van der Waals surface area contributed by atoms with E-state index in [1.54, 1.807) is 0 Å². The first kappa shape index (κ1) is 12.7. The highest BCUT2D eigenvalue weighted by Gasteiger charge is 2.09. The number of hydrogen-bond donors (Lipinski definition) is 1. The van der Waals surface area contributed by atoms with Gasteiger partial charge in [-0.3, -0.25) is 4.68 Å². The summed E-state index contributed by atoms with van der Waals surface area (Å²) in [7, 11) is 1.99. The Labute approximate surface area is 100 Å². The Morgan fingerprint density at radius 1 is 1.53 bits per heavy atom. The minimum atomic E-state index is 0.622. The Kier molecular flexibility index (Phi) is 5.32. The highest BCUT2D eigenvalue weighted by Crippen LogP contribution is 2.17. The number of nitrogens with zero attached hydrogens (tertiary/aromatic N) is 2. The zero-order chi connectivity index (χ0) is 11.3. The summed E-state index contributed by atoms with van der Waals surface area (Å²) in [5, 5.41) is 7.70. The van der Waals surface area contributed by atoms with Crippen LogP contribution < -0.4 is 5.32 Å². The molecule has 0 radical (unpaired) electrons. The van der Waals surface area contributed by atoms with Crippen LogP contribution in [0.25, 0.3) is 0 Å². The third-order valence-electron chi connectivity index (χ3n) is 2.73. The second-order valence-electron chi connectivity index (χ2n) is 3.76. The van der Waals surface area contributed by atoms with Crippen LogP contribution in [0.3, 0.4) is 0 Å². The van der Waals surface area contributed by atoms with Gasteiger partial charge in [-0.05, 0) is 41.7 Å². The summed E-state index contributed by atoms with van der Waals surface area (Å²) in [4.78, 5) is 0. The lowest BCUT2D eigenvalue weighted by Gasteiger charge is -2.15. The van der Waals surface area contributed by atoms with E-state index in [4.69, 9.17) is 0 Å². The summed E-state index contributed by atoms with van der Waals surface area (Å²) < 4.78 is 3.07. The van der Waals surface area contributed by atoms with Crippen LogP contribution in [0.5, 0.6) is 0 Å². The van der Waals surface area contributed by atoms with Crippen LogP contribution in [0.4, 0.5) is 0 Å². The minimum absolute atomic E-state index is 0.622. The van der Waals surface area contributed by atoms with Crippen molar-refractivity contribution in [2.45, 2.75) is 39.2 Å². The van der Waals surface area contributed by atoms with Gasteiger partial charge in [-0.15, -0.1) is 0 Å². The van der Waals surface area contributed by atoms with Gasteiger partial charge in [-0.2, -0.15) is 5.10 Å². The molecule has 1 heterocycles. The van der Waals surface area contributed by atoms with Crippen molar-refractivity contribution in [3.8, 4) is 0 Å². The highest BCUT2D eigenvalue weighted by molar-refractivity contribution is 9.10. The lowest BCUT2D eigenvalue weighted by Crippen LogP contribution is -2.28. The van der Waals surface area contributed by atoms with Crippen LogP contribution in [0, 0.1) is 0 Å². The average molecular weight is 274 g/mol. The molecule has 0 saturated heterocycles. The van der Waals surface area contributed by atoms with Gasteiger partial charge in [0.2, 0.25) is 0 Å². The first-order valence-corrected chi connectivity index (χ1v) is 6.38. The monoisotopic (exact) mass is 273 g/mol. The summed E-state index contributed by atoms with van der Waals surface area (Å²) in [6, 6.07) is 0.622. The van der Waals surface area contributed by atoms with Crippen molar-refractivity contribution >= 4 is 15.9 Å². The molecule has 0 aliphatic heterocycles. The summed E-state index contributed by atoms with van der Waals surface area (Å²) in [6.07, 6.45) is 5.29. The van der Waals surface area contributed by atoms with Gasteiger partial charge in [0, 0.05) is 13.1 Å². The fourth-order valence-corrected chi connectivity index (χ4v) is 2.31. The minimum Gasteiger partial charge on any atom is -0.314 e. The maximum atomic E-state index is 4.22. The molecule has 0 saturated carbocycles. The third kappa shape index (κ3) is 3.61. The van der Waals surface area contributed by atoms with Gasteiger partial charge >= 0.3 is 0 Å². The van der Waals surface area contributed by atoms with Crippen LogP contribution in [0.15, 0.2) is 10.7 Å². The van der Waals surface area contributed by atoms with Gasteiger partial charge < -0.3 is 5.32 Å². The second-order valence-corrected chi connectivity index (χ2v) is 4.62. The molecule has 1 rings (SSSR count). The zero-order valence-corrected chi connectivity index (χ0v) is 11.3. The first-order chi connectivity index (χ1) is 7.19. The van der Waals surface area contributed by atoms with Gasteiger partial charge in [0.1, 0.15) is 0 Å². The number of aryl methyl sites for hydroxylation is 1. The van der Waals surface area contributed by atoms with Crippen molar-refractivity contribution in [3.63, 3.8) is 0 Å². The topological polar surface area (TPSA) is 29.9 Å². The second kappa shape index (κ2) is 6.28. The van der Waals surface area contributed by atoms with Crippen molar-refractivity contribution in [1.82, 2.24) is 15.1 Å². The SMILES string of the molecule is CCNC(CC)CCc1c(Br)cnn1C. The van der Waals surface area contributed by atoms with Crippen molar-refractivity contribution < 1.29 is 0 Å². The molecule has 0 amide bonds. The van der Waals surface area contributed by atoms with Gasteiger partial charge in [-0.1, -0.05) is 13.8 Å². The summed E-state index contributed by atoms with van der Waals surface area (Å²) in [5.41, 5.74) is 1.28. The molecule has 0 aliphatic carbocycles. The fourth-order valence-electron chi connectivity index (χ4n) is 1.77. The van der Waals surface area contributed by atoms with E-state index in [0.29, 0.717) is 6.04 Å². The van der Waals surface area contributed by atoms with E-state index in [1.807, 2.05) is 17.9 Å². The molecular weight excluding hydrogens is 254 g/mol. The van der Waals surface area contributed by atoms with E-state index in [9.17, 15) is 0 Å². The Hall–Kier alpha value is -0.350. The molecular formula is C11H20BrN3. The van der Waals surface area contributed by atoms with Crippen LogP contribution in [-0.2, 0) is 13.5 Å². The number of nitrogens with one attached hydrogen (secondary N) is 1. The maximum absolute atomic E-state index is 4.22. The van der Waals surface area contributed by atoms with Gasteiger partial charge in [-0.25, -0.2) is 0 Å². The number of halogens is 1. The summed E-state index contributed by atoms with van der Waals surface area (Å²) in [6.45, 7) is 5.43. The Morgan fingerprint density at radius 3 is 2.73 bits per heavy atom. The van der Waals surface area contributed by atoms with E-state index in [1.165, 1.54) is 18.5 Å². The molecule has 0 bridgehead atoms. The van der Waals surface area contributed by atoms with Crippen LogP contribution in [0.1, 0.15) is 32.4 Å².